The monoisotopic (exact) mass is 684 g/mol. The van der Waals surface area contributed by atoms with E-state index in [2.05, 4.69) is 15.5 Å². The van der Waals surface area contributed by atoms with Crippen molar-refractivity contribution in [3.05, 3.63) is 46.2 Å². The highest BCUT2D eigenvalue weighted by molar-refractivity contribution is 7.23. The van der Waals surface area contributed by atoms with Gasteiger partial charge in [0.25, 0.3) is 0 Å². The van der Waals surface area contributed by atoms with Crippen LogP contribution in [0.25, 0.3) is 32.6 Å². The number of anilines is 1. The van der Waals surface area contributed by atoms with Gasteiger partial charge in [-0.1, -0.05) is 17.7 Å². The lowest BCUT2D eigenvalue weighted by atomic mass is 9.96. The molecule has 1 N–H and O–H groups in total. The Labute approximate surface area is 278 Å². The zero-order valence-electron chi connectivity index (χ0n) is 26.5. The number of aromatic nitrogens is 3. The molecule has 2 aliphatic rings. The molecule has 1 unspecified atom stereocenters. The Balaban J connectivity index is 1.44. The third kappa shape index (κ3) is 6.05. The lowest BCUT2D eigenvalue weighted by Gasteiger charge is -2.36. The minimum atomic E-state index is -0.828. The van der Waals surface area contributed by atoms with E-state index < -0.39 is 35.0 Å². The molecule has 0 bridgehead atoms. The molecule has 246 valence electrons. The van der Waals surface area contributed by atoms with E-state index in [9.17, 15) is 14.9 Å². The minimum absolute atomic E-state index is 0.0251. The van der Waals surface area contributed by atoms with Gasteiger partial charge in [0.1, 0.15) is 39.7 Å². The van der Waals surface area contributed by atoms with Crippen LogP contribution >= 0.6 is 22.9 Å². The van der Waals surface area contributed by atoms with Crippen molar-refractivity contribution in [1.29, 1.82) is 5.26 Å². The van der Waals surface area contributed by atoms with Crippen molar-refractivity contribution in [3.63, 3.8) is 0 Å². The normalized spacial score (nSPS) is 15.9. The van der Waals surface area contributed by atoms with E-state index in [1.54, 1.807) is 46.4 Å². The summed E-state index contributed by atoms with van der Waals surface area (Å²) in [7, 11) is 0. The Kier molecular flexibility index (Phi) is 8.04. The molecule has 4 aromatic rings. The molecule has 0 saturated heterocycles. The van der Waals surface area contributed by atoms with E-state index in [1.807, 2.05) is 10.6 Å². The summed E-state index contributed by atoms with van der Waals surface area (Å²) < 4.78 is 50.4. The van der Waals surface area contributed by atoms with Crippen LogP contribution in [0.5, 0.6) is 5.75 Å². The predicted octanol–water partition coefficient (Wildman–Crippen LogP) is 8.05. The van der Waals surface area contributed by atoms with Gasteiger partial charge in [-0.2, -0.15) is 5.26 Å². The maximum Gasteiger partial charge on any atom is 0.412 e. The van der Waals surface area contributed by atoms with Gasteiger partial charge in [0.2, 0.25) is 0 Å². The van der Waals surface area contributed by atoms with Crippen molar-refractivity contribution in [1.82, 2.24) is 19.7 Å². The van der Waals surface area contributed by atoms with Gasteiger partial charge in [0.05, 0.1) is 40.0 Å². The quantitative estimate of drug-likeness (QED) is 0.224. The smallest absolute Gasteiger partial charge is 0.412 e. The first-order valence-electron chi connectivity index (χ1n) is 14.8. The predicted molar refractivity (Wildman–Crippen MR) is 172 cm³/mol. The van der Waals surface area contributed by atoms with Crippen molar-refractivity contribution >= 4 is 50.2 Å². The van der Waals surface area contributed by atoms with Crippen LogP contribution in [0.4, 0.5) is 23.4 Å². The van der Waals surface area contributed by atoms with Gasteiger partial charge in [-0.3, -0.25) is 10.2 Å². The average Bonchev–Trinajstić information content (AvgIpc) is 3.54. The van der Waals surface area contributed by atoms with Crippen LogP contribution in [0, 0.1) is 23.0 Å². The summed E-state index contributed by atoms with van der Waals surface area (Å²) in [4.78, 5) is 27.0. The van der Waals surface area contributed by atoms with Crippen LogP contribution in [0.2, 0.25) is 5.02 Å². The Bertz CT molecular complexity index is 1990. The number of thiophene rings is 1. The Hall–Kier alpha value is -4.48. The van der Waals surface area contributed by atoms with Crippen LogP contribution in [0.3, 0.4) is 0 Å². The van der Waals surface area contributed by atoms with Crippen LogP contribution in [-0.4, -0.2) is 56.2 Å². The summed E-state index contributed by atoms with van der Waals surface area (Å²) in [6, 6.07) is 5.45. The maximum absolute atomic E-state index is 16.3. The van der Waals surface area contributed by atoms with Crippen LogP contribution in [0.1, 0.15) is 65.4 Å². The number of nitrogens with one attached hydrogen (secondary N) is 1. The summed E-state index contributed by atoms with van der Waals surface area (Å²) in [5.41, 5.74) is -1.29. The highest BCUT2D eigenvalue weighted by Gasteiger charge is 2.37. The van der Waals surface area contributed by atoms with Gasteiger partial charge < -0.3 is 18.8 Å². The first-order valence-corrected chi connectivity index (χ1v) is 16.0. The van der Waals surface area contributed by atoms with Gasteiger partial charge in [-0.25, -0.2) is 18.4 Å². The van der Waals surface area contributed by atoms with E-state index in [1.165, 1.54) is 12.1 Å². The number of halogens is 3. The summed E-state index contributed by atoms with van der Waals surface area (Å²) in [5, 5.41) is 21.3. The van der Waals surface area contributed by atoms with Crippen molar-refractivity contribution in [2.24, 2.45) is 0 Å². The standard InChI is InChI=1S/C32H31ClF2N6O5S/c1-31(2,3)45-29(42)37-28-18(12-36)22-16(7-8-19(34)26(22)47-28)23-20(35)11-17-25(24(23)33)44-10-9-15-13-40(30(43)46-32(4,5)6)14-21-38-39-27(17)41(15)21/h7-8,11,15H,9-10,13-14H2,1-6H3,(H,37,42). The number of ether oxygens (including phenoxy) is 3. The van der Waals surface area contributed by atoms with Crippen LogP contribution in [-0.2, 0) is 16.0 Å². The third-order valence-corrected chi connectivity index (χ3v) is 8.92. The molecule has 0 radical (unpaired) electrons. The van der Waals surface area contributed by atoms with Gasteiger partial charge in [-0.05, 0) is 59.2 Å². The van der Waals surface area contributed by atoms with Gasteiger partial charge in [-0.15, -0.1) is 21.5 Å². The highest BCUT2D eigenvalue weighted by Crippen LogP contribution is 2.50. The molecule has 1 atom stereocenters. The van der Waals surface area contributed by atoms with Gasteiger partial charge in [0, 0.05) is 23.9 Å². The van der Waals surface area contributed by atoms with Crippen LogP contribution in [0.15, 0.2) is 18.2 Å². The minimum Gasteiger partial charge on any atom is -0.491 e. The number of fused-ring (bicyclic) bond motifs is 3. The Morgan fingerprint density at radius 3 is 2.51 bits per heavy atom. The second-order valence-electron chi connectivity index (χ2n) is 13.2. The number of benzene rings is 2. The molecule has 2 amide bonds. The lowest BCUT2D eigenvalue weighted by Crippen LogP contribution is -2.44. The highest BCUT2D eigenvalue weighted by atomic mass is 35.5. The molecule has 2 aromatic carbocycles. The van der Waals surface area contributed by atoms with E-state index in [4.69, 9.17) is 25.8 Å². The fourth-order valence-corrected chi connectivity index (χ4v) is 7.10. The molecular weight excluding hydrogens is 654 g/mol. The molecule has 0 fully saturated rings. The van der Waals surface area contributed by atoms with Crippen molar-refractivity contribution in [2.45, 2.75) is 71.8 Å². The first-order chi connectivity index (χ1) is 22.1. The third-order valence-electron chi connectivity index (χ3n) is 7.44. The summed E-state index contributed by atoms with van der Waals surface area (Å²) in [5.74, 6) is -0.481. The van der Waals surface area contributed by atoms with Gasteiger partial charge in [0.15, 0.2) is 11.6 Å². The lowest BCUT2D eigenvalue weighted by molar-refractivity contribution is 0.0152. The zero-order chi connectivity index (χ0) is 34.0. The fourth-order valence-electron chi connectivity index (χ4n) is 5.68. The number of nitrogens with zero attached hydrogens (tertiary/aromatic N) is 5. The first kappa shape index (κ1) is 32.5. The molecule has 4 heterocycles. The Morgan fingerprint density at radius 2 is 1.83 bits per heavy atom. The maximum atomic E-state index is 16.3. The van der Waals surface area contributed by atoms with Crippen molar-refractivity contribution in [3.8, 4) is 34.3 Å². The zero-order valence-corrected chi connectivity index (χ0v) is 28.0. The fraction of sp³-hybridized carbons (Fsp3) is 0.406. The second-order valence-corrected chi connectivity index (χ2v) is 14.6. The van der Waals surface area contributed by atoms with E-state index >= 15 is 8.78 Å². The largest absolute Gasteiger partial charge is 0.491 e. The van der Waals surface area contributed by atoms with Crippen LogP contribution < -0.4 is 10.1 Å². The van der Waals surface area contributed by atoms with E-state index in [0.717, 1.165) is 17.4 Å². The SMILES string of the molecule is CC(C)(C)OC(=O)Nc1sc2c(F)ccc(-c3c(F)cc4c(c3Cl)OCCC3CN(C(=O)OC(C)(C)C)Cc5nnc-4n53)c2c1C#N. The topological polar surface area (TPSA) is 132 Å². The molecule has 0 saturated carbocycles. The second kappa shape index (κ2) is 11.6. The average molecular weight is 685 g/mol. The van der Waals surface area contributed by atoms with Crippen molar-refractivity contribution < 1.29 is 32.6 Å². The number of carbonyl (C=O) groups is 2. The molecule has 15 heteroatoms. The molecule has 11 nitrogen and oxygen atoms in total. The number of nitriles is 1. The summed E-state index contributed by atoms with van der Waals surface area (Å²) in [6.07, 6.45) is -0.857. The number of carbonyl (C=O) groups excluding carboxylic acids is 2. The van der Waals surface area contributed by atoms with Gasteiger partial charge >= 0.3 is 12.2 Å². The molecule has 0 aliphatic carbocycles. The number of hydrogen-bond donors (Lipinski definition) is 1. The molecule has 0 spiro atoms. The number of hydrogen-bond acceptors (Lipinski definition) is 9. The van der Waals surface area contributed by atoms with E-state index in [0.29, 0.717) is 24.6 Å². The molecule has 2 aromatic heterocycles. The molecule has 47 heavy (non-hydrogen) atoms. The molecule has 6 rings (SSSR count). The summed E-state index contributed by atoms with van der Waals surface area (Å²) in [6.45, 7) is 11.0. The molecular formula is C32H31ClF2N6O5S. The van der Waals surface area contributed by atoms with Crippen molar-refractivity contribution in [2.75, 3.05) is 18.5 Å². The summed E-state index contributed by atoms with van der Waals surface area (Å²) >= 11 is 7.75. The van der Waals surface area contributed by atoms with E-state index in [-0.39, 0.29) is 67.3 Å². The Morgan fingerprint density at radius 1 is 1.11 bits per heavy atom. The molecule has 2 aliphatic heterocycles. The number of amides is 2. The number of rotatable bonds is 2.